The first-order valence-corrected chi connectivity index (χ1v) is 5.42. The summed E-state index contributed by atoms with van der Waals surface area (Å²) in [6.45, 7) is 1.66. The number of rotatable bonds is 3. The number of hydrogen-bond acceptors (Lipinski definition) is 6. The van der Waals surface area contributed by atoms with Gasteiger partial charge in [-0.2, -0.15) is 18.2 Å². The Bertz CT molecular complexity index is 617. The van der Waals surface area contributed by atoms with Gasteiger partial charge in [-0.15, -0.1) is 0 Å². The van der Waals surface area contributed by atoms with E-state index in [-0.39, 0.29) is 11.7 Å². The van der Waals surface area contributed by atoms with Crippen molar-refractivity contribution in [3.8, 4) is 11.6 Å². The first-order valence-electron chi connectivity index (χ1n) is 5.42. The molecule has 0 aliphatic rings. The Labute approximate surface area is 111 Å². The zero-order valence-electron chi connectivity index (χ0n) is 10.3. The number of anilines is 1. The Hall–Kier alpha value is -2.42. The van der Waals surface area contributed by atoms with Crippen LogP contribution in [0.4, 0.5) is 19.0 Å². The number of aryl methyl sites for hydroxylation is 1. The Balaban J connectivity index is 2.39. The van der Waals surface area contributed by atoms with Crippen molar-refractivity contribution in [2.75, 3.05) is 5.43 Å². The molecule has 0 unspecified atom stereocenters. The lowest BCUT2D eigenvalue weighted by Crippen LogP contribution is -2.16. The highest BCUT2D eigenvalue weighted by atomic mass is 19.4. The van der Waals surface area contributed by atoms with Crippen molar-refractivity contribution in [1.82, 2.24) is 15.0 Å². The van der Waals surface area contributed by atoms with Crippen LogP contribution in [-0.4, -0.2) is 15.0 Å². The maximum atomic E-state index is 12.6. The molecule has 6 nitrogen and oxygen atoms in total. The highest BCUT2D eigenvalue weighted by molar-refractivity contribution is 5.39. The number of nitrogens with zero attached hydrogens (tertiary/aromatic N) is 3. The van der Waals surface area contributed by atoms with Crippen LogP contribution in [-0.2, 0) is 6.18 Å². The number of pyridine rings is 1. The smallest absolute Gasteiger partial charge is 0.437 e. The standard InChI is InChI=1S/C11H10F3N5O/c1-6-7(3-2-4-16-6)20-9-5-8(19-15)17-10(18-9)11(12,13)14/h2-5H,15H2,1H3,(H,17,18,19). The second kappa shape index (κ2) is 5.29. The van der Waals surface area contributed by atoms with Gasteiger partial charge in [-0.05, 0) is 19.1 Å². The third-order valence-electron chi connectivity index (χ3n) is 2.28. The van der Waals surface area contributed by atoms with Crippen LogP contribution in [0.1, 0.15) is 11.5 Å². The third kappa shape index (κ3) is 3.12. The van der Waals surface area contributed by atoms with Crippen molar-refractivity contribution in [3.05, 3.63) is 35.9 Å². The summed E-state index contributed by atoms with van der Waals surface area (Å²) in [5.41, 5.74) is 2.55. The normalized spacial score (nSPS) is 11.2. The van der Waals surface area contributed by atoms with Crippen LogP contribution < -0.4 is 16.0 Å². The first kappa shape index (κ1) is 14.0. The molecule has 0 bridgehead atoms. The van der Waals surface area contributed by atoms with E-state index < -0.39 is 12.0 Å². The van der Waals surface area contributed by atoms with Crippen LogP contribution in [0.5, 0.6) is 11.6 Å². The molecule has 2 rings (SSSR count). The predicted molar refractivity (Wildman–Crippen MR) is 63.9 cm³/mol. The fourth-order valence-electron chi connectivity index (χ4n) is 1.37. The molecule has 20 heavy (non-hydrogen) atoms. The molecule has 2 aromatic rings. The summed E-state index contributed by atoms with van der Waals surface area (Å²) in [7, 11) is 0. The molecule has 0 aliphatic carbocycles. The first-order chi connectivity index (χ1) is 9.40. The van der Waals surface area contributed by atoms with Gasteiger partial charge in [0.1, 0.15) is 5.82 Å². The van der Waals surface area contributed by atoms with E-state index in [9.17, 15) is 13.2 Å². The summed E-state index contributed by atoms with van der Waals surface area (Å²) >= 11 is 0. The number of alkyl halides is 3. The minimum Gasteiger partial charge on any atom is -0.437 e. The van der Waals surface area contributed by atoms with E-state index in [0.29, 0.717) is 11.4 Å². The second-order valence-corrected chi connectivity index (χ2v) is 3.75. The number of nitrogen functional groups attached to an aromatic ring is 1. The minimum absolute atomic E-state index is 0.205. The van der Waals surface area contributed by atoms with Crippen LogP contribution in [0.25, 0.3) is 0 Å². The number of hydrazine groups is 1. The molecular formula is C11H10F3N5O. The number of nitrogens with two attached hydrogens (primary N) is 1. The molecule has 0 amide bonds. The quantitative estimate of drug-likeness (QED) is 0.664. The molecule has 0 atom stereocenters. The molecule has 106 valence electrons. The van der Waals surface area contributed by atoms with Crippen LogP contribution in [0.15, 0.2) is 24.4 Å². The van der Waals surface area contributed by atoms with Gasteiger partial charge >= 0.3 is 6.18 Å². The summed E-state index contributed by atoms with van der Waals surface area (Å²) in [6.07, 6.45) is -3.16. The van der Waals surface area contributed by atoms with Gasteiger partial charge < -0.3 is 10.2 Å². The molecule has 0 saturated carbocycles. The summed E-state index contributed by atoms with van der Waals surface area (Å²) in [6, 6.07) is 4.31. The van der Waals surface area contributed by atoms with Gasteiger partial charge in [-0.1, -0.05) is 0 Å². The van der Waals surface area contributed by atoms with Crippen molar-refractivity contribution in [2.24, 2.45) is 5.84 Å². The average molecular weight is 285 g/mol. The molecule has 2 heterocycles. The van der Waals surface area contributed by atoms with Crippen LogP contribution >= 0.6 is 0 Å². The SMILES string of the molecule is Cc1ncccc1Oc1cc(NN)nc(C(F)(F)F)n1. The topological polar surface area (TPSA) is 86.0 Å². The van der Waals surface area contributed by atoms with E-state index in [4.69, 9.17) is 10.6 Å². The Morgan fingerprint density at radius 3 is 2.65 bits per heavy atom. The van der Waals surface area contributed by atoms with E-state index >= 15 is 0 Å². The van der Waals surface area contributed by atoms with Gasteiger partial charge in [0.2, 0.25) is 11.7 Å². The van der Waals surface area contributed by atoms with Crippen LogP contribution in [0.3, 0.4) is 0 Å². The number of nitrogens with one attached hydrogen (secondary N) is 1. The fraction of sp³-hybridized carbons (Fsp3) is 0.182. The molecule has 0 spiro atoms. The molecular weight excluding hydrogens is 275 g/mol. The summed E-state index contributed by atoms with van der Waals surface area (Å²) in [4.78, 5) is 10.5. The Morgan fingerprint density at radius 1 is 1.30 bits per heavy atom. The Morgan fingerprint density at radius 2 is 2.05 bits per heavy atom. The van der Waals surface area contributed by atoms with E-state index in [1.807, 2.05) is 5.43 Å². The van der Waals surface area contributed by atoms with Crippen LogP contribution in [0.2, 0.25) is 0 Å². The predicted octanol–water partition coefficient (Wildman–Crippen LogP) is 2.28. The molecule has 3 N–H and O–H groups in total. The van der Waals surface area contributed by atoms with Crippen LogP contribution in [0, 0.1) is 6.92 Å². The lowest BCUT2D eigenvalue weighted by atomic mass is 10.3. The number of hydrogen-bond donors (Lipinski definition) is 2. The van der Waals surface area contributed by atoms with Crippen molar-refractivity contribution in [1.29, 1.82) is 0 Å². The minimum atomic E-state index is -4.70. The van der Waals surface area contributed by atoms with Gasteiger partial charge in [0.15, 0.2) is 5.75 Å². The zero-order valence-corrected chi connectivity index (χ0v) is 10.3. The monoisotopic (exact) mass is 285 g/mol. The lowest BCUT2D eigenvalue weighted by Gasteiger charge is -2.11. The number of aromatic nitrogens is 3. The van der Waals surface area contributed by atoms with Gasteiger partial charge in [-0.3, -0.25) is 4.98 Å². The average Bonchev–Trinajstić information content (AvgIpc) is 2.40. The van der Waals surface area contributed by atoms with Crippen molar-refractivity contribution in [2.45, 2.75) is 13.1 Å². The largest absolute Gasteiger partial charge is 0.451 e. The summed E-state index contributed by atoms with van der Waals surface area (Å²) in [5.74, 6) is 3.54. The Kier molecular flexibility index (Phi) is 3.70. The highest BCUT2D eigenvalue weighted by Gasteiger charge is 2.35. The van der Waals surface area contributed by atoms with E-state index in [2.05, 4.69) is 15.0 Å². The maximum absolute atomic E-state index is 12.6. The summed E-state index contributed by atoms with van der Waals surface area (Å²) in [5, 5.41) is 0. The molecule has 0 aliphatic heterocycles. The van der Waals surface area contributed by atoms with Gasteiger partial charge in [0.25, 0.3) is 0 Å². The molecule has 0 saturated heterocycles. The van der Waals surface area contributed by atoms with Gasteiger partial charge in [0.05, 0.1) is 5.69 Å². The molecule has 2 aromatic heterocycles. The van der Waals surface area contributed by atoms with E-state index in [1.54, 1.807) is 19.1 Å². The third-order valence-corrected chi connectivity index (χ3v) is 2.28. The number of halogens is 3. The zero-order chi connectivity index (χ0) is 14.8. The van der Waals surface area contributed by atoms with Crippen molar-refractivity contribution in [3.63, 3.8) is 0 Å². The van der Waals surface area contributed by atoms with Gasteiger partial charge in [-0.25, -0.2) is 10.8 Å². The van der Waals surface area contributed by atoms with E-state index in [1.165, 1.54) is 6.20 Å². The van der Waals surface area contributed by atoms with Gasteiger partial charge in [0, 0.05) is 12.3 Å². The van der Waals surface area contributed by atoms with E-state index in [0.717, 1.165) is 6.07 Å². The van der Waals surface area contributed by atoms with Crippen molar-refractivity contribution < 1.29 is 17.9 Å². The highest BCUT2D eigenvalue weighted by Crippen LogP contribution is 2.30. The maximum Gasteiger partial charge on any atom is 0.451 e. The molecule has 0 radical (unpaired) electrons. The lowest BCUT2D eigenvalue weighted by molar-refractivity contribution is -0.145. The molecule has 0 fully saturated rings. The molecule has 0 aromatic carbocycles. The summed E-state index contributed by atoms with van der Waals surface area (Å²) < 4.78 is 43.2. The fourth-order valence-corrected chi connectivity index (χ4v) is 1.37. The molecule has 9 heteroatoms. The second-order valence-electron chi connectivity index (χ2n) is 3.75. The van der Waals surface area contributed by atoms with Crippen molar-refractivity contribution >= 4 is 5.82 Å². The number of ether oxygens (including phenoxy) is 1.